The summed E-state index contributed by atoms with van der Waals surface area (Å²) in [4.78, 5) is 4.01. The molecule has 0 fully saturated rings. The average molecular weight is 168 g/mol. The predicted octanol–water partition coefficient (Wildman–Crippen LogP) is 2.13. The molecule has 0 rings (SSSR count). The molecule has 1 unspecified atom stereocenters. The lowest BCUT2D eigenvalue weighted by Gasteiger charge is -2.20. The molecule has 3 heteroatoms. The first-order valence-electron chi connectivity index (χ1n) is 3.98. The maximum atomic E-state index is 8.47. The van der Waals surface area contributed by atoms with Gasteiger partial charge in [-0.05, 0) is 27.7 Å². The first-order chi connectivity index (χ1) is 5.35. The Morgan fingerprint density at radius 2 is 2.00 bits per heavy atom. The minimum atomic E-state index is -0.327. The van der Waals surface area contributed by atoms with E-state index in [4.69, 9.17) is 10.00 Å². The fourth-order valence-corrected chi connectivity index (χ4v) is 0.771. The zero-order chi connectivity index (χ0) is 9.78. The first kappa shape index (κ1) is 11.0. The van der Waals surface area contributed by atoms with Gasteiger partial charge in [0, 0.05) is 6.92 Å². The van der Waals surface area contributed by atoms with E-state index in [1.54, 1.807) is 13.8 Å². The van der Waals surface area contributed by atoms with E-state index in [2.05, 4.69) is 4.99 Å². The molecule has 0 N–H and O–H groups in total. The van der Waals surface area contributed by atoms with Crippen LogP contribution in [0.5, 0.6) is 0 Å². The van der Waals surface area contributed by atoms with Gasteiger partial charge in [0.05, 0.1) is 6.07 Å². The normalized spacial score (nSPS) is 15.2. The Hall–Kier alpha value is -1.04. The van der Waals surface area contributed by atoms with Crippen LogP contribution in [0.1, 0.15) is 34.6 Å². The lowest BCUT2D eigenvalue weighted by atomic mass is 10.2. The van der Waals surface area contributed by atoms with E-state index in [9.17, 15) is 0 Å². The topological polar surface area (TPSA) is 45.4 Å². The van der Waals surface area contributed by atoms with E-state index < -0.39 is 0 Å². The van der Waals surface area contributed by atoms with E-state index in [-0.39, 0.29) is 11.6 Å². The Morgan fingerprint density at radius 3 is 2.33 bits per heavy atom. The Balaban J connectivity index is 4.14. The Labute approximate surface area is 74.1 Å². The Morgan fingerprint density at radius 1 is 1.50 bits per heavy atom. The maximum Gasteiger partial charge on any atom is 0.181 e. The smallest absolute Gasteiger partial charge is 0.181 e. The zero-order valence-corrected chi connectivity index (χ0v) is 8.38. The number of nitrogens with zero attached hydrogens (tertiary/aromatic N) is 2. The van der Waals surface area contributed by atoms with Crippen LogP contribution in [0.4, 0.5) is 0 Å². The fraction of sp³-hybridized carbons (Fsp3) is 0.778. The van der Waals surface area contributed by atoms with Crippen LogP contribution in [0, 0.1) is 11.3 Å². The third-order valence-electron chi connectivity index (χ3n) is 1.02. The van der Waals surface area contributed by atoms with Crippen molar-refractivity contribution in [3.63, 3.8) is 0 Å². The lowest BCUT2D eigenvalue weighted by molar-refractivity contribution is 0.114. The van der Waals surface area contributed by atoms with Gasteiger partial charge >= 0.3 is 0 Å². The molecule has 0 saturated heterocycles. The summed E-state index contributed by atoms with van der Waals surface area (Å²) in [6, 6.07) is 1.69. The third-order valence-corrected chi connectivity index (χ3v) is 1.02. The van der Waals surface area contributed by atoms with E-state index in [1.165, 1.54) is 0 Å². The molecule has 0 spiro atoms. The summed E-state index contributed by atoms with van der Waals surface area (Å²) in [5.74, 6) is 0.566. The van der Waals surface area contributed by atoms with Crippen molar-refractivity contribution in [2.24, 2.45) is 4.99 Å². The SMILES string of the molecule is CC(=NC(C)C#N)OC(C)(C)C. The molecular formula is C9H16N2O. The number of aliphatic imine (C=N–C) groups is 1. The van der Waals surface area contributed by atoms with Crippen LogP contribution in [-0.4, -0.2) is 17.5 Å². The Bertz CT molecular complexity index is 208. The monoisotopic (exact) mass is 168 g/mol. The number of rotatable bonds is 1. The van der Waals surface area contributed by atoms with Gasteiger partial charge in [-0.15, -0.1) is 0 Å². The summed E-state index contributed by atoms with van der Waals surface area (Å²) in [5, 5.41) is 8.47. The van der Waals surface area contributed by atoms with Gasteiger partial charge in [0.2, 0.25) is 0 Å². The van der Waals surface area contributed by atoms with Crippen molar-refractivity contribution in [3.05, 3.63) is 0 Å². The number of hydrogen-bond donors (Lipinski definition) is 0. The van der Waals surface area contributed by atoms with Gasteiger partial charge in [-0.1, -0.05) is 0 Å². The second-order valence-electron chi connectivity index (χ2n) is 3.67. The van der Waals surface area contributed by atoms with Crippen LogP contribution in [0.15, 0.2) is 4.99 Å². The van der Waals surface area contributed by atoms with Crippen molar-refractivity contribution < 1.29 is 4.74 Å². The van der Waals surface area contributed by atoms with E-state index in [0.717, 1.165) is 0 Å². The molecule has 0 aromatic carbocycles. The molecule has 12 heavy (non-hydrogen) atoms. The number of hydrogen-bond acceptors (Lipinski definition) is 3. The van der Waals surface area contributed by atoms with Crippen molar-refractivity contribution in [2.75, 3.05) is 0 Å². The summed E-state index contributed by atoms with van der Waals surface area (Å²) >= 11 is 0. The molecule has 0 aromatic rings. The van der Waals surface area contributed by atoms with Gasteiger partial charge in [-0.3, -0.25) is 0 Å². The summed E-state index contributed by atoms with van der Waals surface area (Å²) in [6.45, 7) is 9.34. The standard InChI is InChI=1S/C9H16N2O/c1-7(6-10)11-8(2)12-9(3,4)5/h7H,1-5H3. The molecule has 3 nitrogen and oxygen atoms in total. The highest BCUT2D eigenvalue weighted by Gasteiger charge is 2.12. The molecule has 1 atom stereocenters. The molecule has 0 saturated carbocycles. The van der Waals surface area contributed by atoms with Crippen LogP contribution in [0.25, 0.3) is 0 Å². The van der Waals surface area contributed by atoms with E-state index >= 15 is 0 Å². The summed E-state index contributed by atoms with van der Waals surface area (Å²) in [7, 11) is 0. The van der Waals surface area contributed by atoms with Crippen LogP contribution >= 0.6 is 0 Å². The van der Waals surface area contributed by atoms with Crippen LogP contribution in [0.3, 0.4) is 0 Å². The second kappa shape index (κ2) is 4.10. The van der Waals surface area contributed by atoms with E-state index in [0.29, 0.717) is 5.90 Å². The lowest BCUT2D eigenvalue weighted by Crippen LogP contribution is -2.23. The van der Waals surface area contributed by atoms with Crippen molar-refractivity contribution in [1.29, 1.82) is 5.26 Å². The fourth-order valence-electron chi connectivity index (χ4n) is 0.771. The zero-order valence-electron chi connectivity index (χ0n) is 8.38. The maximum absolute atomic E-state index is 8.47. The van der Waals surface area contributed by atoms with Gasteiger partial charge < -0.3 is 4.74 Å². The van der Waals surface area contributed by atoms with E-state index in [1.807, 2.05) is 26.8 Å². The highest BCUT2D eigenvalue weighted by molar-refractivity contribution is 5.73. The molecule has 68 valence electrons. The summed E-state index contributed by atoms with van der Waals surface area (Å²) in [6.07, 6.45) is 0. The molecule has 0 aromatic heterocycles. The summed E-state index contributed by atoms with van der Waals surface area (Å²) in [5.41, 5.74) is -0.233. The Kier molecular flexibility index (Phi) is 3.75. The van der Waals surface area contributed by atoms with Gasteiger partial charge in [0.15, 0.2) is 5.90 Å². The molecule has 0 radical (unpaired) electrons. The quantitative estimate of drug-likeness (QED) is 0.444. The molecule has 0 aliphatic rings. The van der Waals surface area contributed by atoms with Crippen LogP contribution < -0.4 is 0 Å². The van der Waals surface area contributed by atoms with Crippen molar-refractivity contribution in [1.82, 2.24) is 0 Å². The molecule has 0 aliphatic heterocycles. The predicted molar refractivity (Wildman–Crippen MR) is 49.0 cm³/mol. The highest BCUT2D eigenvalue weighted by atomic mass is 16.5. The van der Waals surface area contributed by atoms with Gasteiger partial charge in [-0.2, -0.15) is 5.26 Å². The van der Waals surface area contributed by atoms with Gasteiger partial charge in [0.25, 0.3) is 0 Å². The molecular weight excluding hydrogens is 152 g/mol. The number of nitriles is 1. The van der Waals surface area contributed by atoms with Crippen LogP contribution in [0.2, 0.25) is 0 Å². The average Bonchev–Trinajstić information content (AvgIpc) is 1.82. The van der Waals surface area contributed by atoms with Gasteiger partial charge in [0.1, 0.15) is 11.6 Å². The van der Waals surface area contributed by atoms with Crippen molar-refractivity contribution in [3.8, 4) is 6.07 Å². The molecule has 0 amide bonds. The summed E-state index contributed by atoms with van der Waals surface area (Å²) < 4.78 is 5.41. The van der Waals surface area contributed by atoms with Crippen molar-refractivity contribution in [2.45, 2.75) is 46.3 Å². The largest absolute Gasteiger partial charge is 0.476 e. The first-order valence-corrected chi connectivity index (χ1v) is 3.98. The number of ether oxygens (including phenoxy) is 1. The third kappa shape index (κ3) is 5.72. The molecule has 0 bridgehead atoms. The van der Waals surface area contributed by atoms with Crippen molar-refractivity contribution >= 4 is 5.90 Å². The minimum Gasteiger partial charge on any atom is -0.476 e. The second-order valence-corrected chi connectivity index (χ2v) is 3.67. The van der Waals surface area contributed by atoms with Crippen LogP contribution in [-0.2, 0) is 4.74 Å². The molecule has 0 aliphatic carbocycles. The molecule has 0 heterocycles. The minimum absolute atomic E-state index is 0.233. The highest BCUT2D eigenvalue weighted by Crippen LogP contribution is 2.07. The van der Waals surface area contributed by atoms with Gasteiger partial charge in [-0.25, -0.2) is 4.99 Å².